The van der Waals surface area contributed by atoms with Crippen LogP contribution in [0.4, 0.5) is 5.69 Å². The van der Waals surface area contributed by atoms with Gasteiger partial charge in [-0.25, -0.2) is 0 Å². The van der Waals surface area contributed by atoms with Crippen molar-refractivity contribution in [1.29, 1.82) is 0 Å². The Kier molecular flexibility index (Phi) is 7.76. The molecule has 0 aromatic heterocycles. The van der Waals surface area contributed by atoms with Gasteiger partial charge in [0, 0.05) is 25.5 Å². The van der Waals surface area contributed by atoms with Crippen LogP contribution in [0.25, 0.3) is 0 Å². The number of hydrogen-bond acceptors (Lipinski definition) is 2. The molecule has 0 saturated carbocycles. The van der Waals surface area contributed by atoms with Gasteiger partial charge in [-0.05, 0) is 32.9 Å². The molecule has 88 valence electrons. The summed E-state index contributed by atoms with van der Waals surface area (Å²) in [5.74, 6) is 0.927. The number of amidine groups is 1. The Morgan fingerprint density at radius 1 is 0.938 bits per heavy atom. The van der Waals surface area contributed by atoms with Gasteiger partial charge in [0.05, 0.1) is 5.84 Å². The van der Waals surface area contributed by atoms with E-state index in [9.17, 15) is 0 Å². The lowest BCUT2D eigenvalue weighted by Crippen LogP contribution is -2.05. The summed E-state index contributed by atoms with van der Waals surface area (Å²) >= 11 is 0. The third kappa shape index (κ3) is 7.74. The van der Waals surface area contributed by atoms with Crippen molar-refractivity contribution in [2.45, 2.75) is 20.8 Å². The average Bonchev–Trinajstić information content (AvgIpc) is 2.31. The molecule has 1 rings (SSSR count). The molecule has 1 N–H and O–H groups in total. The minimum absolute atomic E-state index is 0.927. The fourth-order valence-electron chi connectivity index (χ4n) is 0.786. The molecule has 0 spiro atoms. The first kappa shape index (κ1) is 14.4. The number of hydrogen-bond donors (Lipinski definition) is 1. The van der Waals surface area contributed by atoms with Crippen LogP contribution in [0.3, 0.4) is 0 Å². The zero-order chi connectivity index (χ0) is 12.4. The van der Waals surface area contributed by atoms with E-state index in [0.717, 1.165) is 17.2 Å². The SMILES string of the molecule is CN=C(C)C.CN=C(C)Nc1ccccc1. The molecule has 3 heteroatoms. The lowest BCUT2D eigenvalue weighted by molar-refractivity contribution is 1.40. The fourth-order valence-corrected chi connectivity index (χ4v) is 0.786. The molecule has 0 aliphatic rings. The molecule has 0 atom stereocenters. The Balaban J connectivity index is 0.000000385. The molecule has 3 nitrogen and oxygen atoms in total. The molecule has 0 saturated heterocycles. The van der Waals surface area contributed by atoms with Gasteiger partial charge >= 0.3 is 0 Å². The molecule has 0 bridgehead atoms. The Morgan fingerprint density at radius 2 is 1.44 bits per heavy atom. The molecule has 0 radical (unpaired) electrons. The second-order valence-electron chi connectivity index (χ2n) is 3.47. The lowest BCUT2D eigenvalue weighted by atomic mass is 10.3. The van der Waals surface area contributed by atoms with E-state index in [2.05, 4.69) is 15.3 Å². The van der Waals surface area contributed by atoms with Gasteiger partial charge in [-0.1, -0.05) is 18.2 Å². The van der Waals surface area contributed by atoms with Crippen molar-refractivity contribution < 1.29 is 0 Å². The van der Waals surface area contributed by atoms with Crippen LogP contribution in [0.2, 0.25) is 0 Å². The van der Waals surface area contributed by atoms with Crippen molar-refractivity contribution in [1.82, 2.24) is 0 Å². The maximum Gasteiger partial charge on any atom is 0.0972 e. The van der Waals surface area contributed by atoms with Crippen LogP contribution in [0.5, 0.6) is 0 Å². The molecular weight excluding hydrogens is 198 g/mol. The predicted octanol–water partition coefficient (Wildman–Crippen LogP) is 3.24. The monoisotopic (exact) mass is 219 g/mol. The Labute approximate surface area is 98.3 Å². The molecule has 0 aliphatic heterocycles. The van der Waals surface area contributed by atoms with Gasteiger partial charge in [-0.15, -0.1) is 0 Å². The number of benzene rings is 1. The summed E-state index contributed by atoms with van der Waals surface area (Å²) in [6, 6.07) is 9.99. The summed E-state index contributed by atoms with van der Waals surface area (Å²) in [5.41, 5.74) is 2.21. The van der Waals surface area contributed by atoms with Crippen molar-refractivity contribution in [3.05, 3.63) is 30.3 Å². The van der Waals surface area contributed by atoms with Crippen molar-refractivity contribution in [2.75, 3.05) is 19.4 Å². The van der Waals surface area contributed by atoms with Gasteiger partial charge in [0.2, 0.25) is 0 Å². The number of nitrogens with one attached hydrogen (secondary N) is 1. The van der Waals surface area contributed by atoms with Gasteiger partial charge < -0.3 is 5.32 Å². The highest BCUT2D eigenvalue weighted by atomic mass is 15.0. The first-order chi connectivity index (χ1) is 7.60. The third-order valence-electron chi connectivity index (χ3n) is 1.88. The molecule has 0 aliphatic carbocycles. The lowest BCUT2D eigenvalue weighted by Gasteiger charge is -2.02. The summed E-state index contributed by atoms with van der Waals surface area (Å²) in [6.45, 7) is 5.88. The number of rotatable bonds is 1. The molecule has 0 unspecified atom stereocenters. The average molecular weight is 219 g/mol. The zero-order valence-corrected chi connectivity index (χ0v) is 10.8. The minimum Gasteiger partial charge on any atom is -0.344 e. The van der Waals surface area contributed by atoms with E-state index in [1.807, 2.05) is 51.1 Å². The maximum absolute atomic E-state index is 3.99. The summed E-state index contributed by atoms with van der Waals surface area (Å²) in [4.78, 5) is 7.79. The number of aliphatic imine (C=N–C) groups is 2. The van der Waals surface area contributed by atoms with Crippen molar-refractivity contribution in [2.24, 2.45) is 9.98 Å². The molecule has 0 fully saturated rings. The molecule has 1 aromatic rings. The maximum atomic E-state index is 3.99. The highest BCUT2D eigenvalue weighted by Gasteiger charge is 1.88. The van der Waals surface area contributed by atoms with Gasteiger partial charge in [0.15, 0.2) is 0 Å². The Bertz CT molecular complexity index is 335. The highest BCUT2D eigenvalue weighted by Crippen LogP contribution is 2.04. The quantitative estimate of drug-likeness (QED) is 0.571. The predicted molar refractivity (Wildman–Crippen MR) is 73.8 cm³/mol. The summed E-state index contributed by atoms with van der Waals surface area (Å²) in [6.07, 6.45) is 0. The van der Waals surface area contributed by atoms with E-state index < -0.39 is 0 Å². The van der Waals surface area contributed by atoms with Gasteiger partial charge in [0.1, 0.15) is 0 Å². The summed E-state index contributed by atoms with van der Waals surface area (Å²) in [7, 11) is 3.56. The van der Waals surface area contributed by atoms with Gasteiger partial charge in [-0.2, -0.15) is 0 Å². The van der Waals surface area contributed by atoms with Gasteiger partial charge in [0.25, 0.3) is 0 Å². The van der Waals surface area contributed by atoms with Crippen LogP contribution in [0.1, 0.15) is 20.8 Å². The van der Waals surface area contributed by atoms with Crippen LogP contribution < -0.4 is 5.32 Å². The normalized spacial score (nSPS) is 9.94. The number of anilines is 1. The first-order valence-electron chi connectivity index (χ1n) is 5.25. The zero-order valence-electron chi connectivity index (χ0n) is 10.8. The molecule has 16 heavy (non-hydrogen) atoms. The van der Waals surface area contributed by atoms with E-state index >= 15 is 0 Å². The van der Waals surface area contributed by atoms with Crippen LogP contribution in [0, 0.1) is 0 Å². The van der Waals surface area contributed by atoms with Crippen molar-refractivity contribution in [3.63, 3.8) is 0 Å². The standard InChI is InChI=1S/C9H12N2.C4H9N/c1-8(10-2)11-9-6-4-3-5-7-9;1-4(2)5-3/h3-7H,1-2H3,(H,10,11);1-3H3. The van der Waals surface area contributed by atoms with E-state index in [4.69, 9.17) is 0 Å². The topological polar surface area (TPSA) is 36.8 Å². The van der Waals surface area contributed by atoms with E-state index in [0.29, 0.717) is 0 Å². The van der Waals surface area contributed by atoms with Crippen LogP contribution in [-0.4, -0.2) is 25.6 Å². The molecule has 0 heterocycles. The van der Waals surface area contributed by atoms with E-state index in [1.54, 1.807) is 14.1 Å². The summed E-state index contributed by atoms with van der Waals surface area (Å²) in [5, 5.41) is 3.14. The first-order valence-corrected chi connectivity index (χ1v) is 5.25. The van der Waals surface area contributed by atoms with Crippen LogP contribution in [0.15, 0.2) is 40.3 Å². The van der Waals surface area contributed by atoms with Crippen molar-refractivity contribution in [3.8, 4) is 0 Å². The highest BCUT2D eigenvalue weighted by molar-refractivity contribution is 5.93. The second kappa shape index (κ2) is 8.65. The Morgan fingerprint density at radius 3 is 1.81 bits per heavy atom. The molecule has 1 aromatic carbocycles. The fraction of sp³-hybridized carbons (Fsp3) is 0.385. The number of para-hydroxylation sites is 1. The van der Waals surface area contributed by atoms with Gasteiger partial charge in [-0.3, -0.25) is 9.98 Å². The second-order valence-corrected chi connectivity index (χ2v) is 3.47. The minimum atomic E-state index is 0.927. The Hall–Kier alpha value is -1.64. The summed E-state index contributed by atoms with van der Waals surface area (Å²) < 4.78 is 0. The van der Waals surface area contributed by atoms with Crippen molar-refractivity contribution >= 4 is 17.2 Å². The third-order valence-corrected chi connectivity index (χ3v) is 1.88. The van der Waals surface area contributed by atoms with Crippen LogP contribution in [-0.2, 0) is 0 Å². The van der Waals surface area contributed by atoms with E-state index in [1.165, 1.54) is 0 Å². The largest absolute Gasteiger partial charge is 0.344 e. The van der Waals surface area contributed by atoms with Crippen LogP contribution >= 0.6 is 0 Å². The smallest absolute Gasteiger partial charge is 0.0972 e. The number of nitrogens with zero attached hydrogens (tertiary/aromatic N) is 2. The van der Waals surface area contributed by atoms with E-state index in [-0.39, 0.29) is 0 Å². The molecule has 0 amide bonds. The molecular formula is C13H21N3.